The van der Waals surface area contributed by atoms with Gasteiger partial charge >= 0.3 is 6.18 Å². The summed E-state index contributed by atoms with van der Waals surface area (Å²) in [6, 6.07) is 3.32. The van der Waals surface area contributed by atoms with Gasteiger partial charge in [-0.1, -0.05) is 11.6 Å². The molecular formula is C11H3Br2ClF3NOS. The Balaban J connectivity index is 2.41. The highest BCUT2D eigenvalue weighted by molar-refractivity contribution is 9.13. The van der Waals surface area contributed by atoms with Crippen molar-refractivity contribution in [3.63, 3.8) is 0 Å². The van der Waals surface area contributed by atoms with Crippen LogP contribution in [0.4, 0.5) is 13.2 Å². The van der Waals surface area contributed by atoms with Gasteiger partial charge < -0.3 is 0 Å². The van der Waals surface area contributed by atoms with Crippen molar-refractivity contribution in [2.75, 3.05) is 0 Å². The smallest absolute Gasteiger partial charge is 0.288 e. The van der Waals surface area contributed by atoms with E-state index in [1.54, 1.807) is 6.07 Å². The van der Waals surface area contributed by atoms with Crippen molar-refractivity contribution in [2.24, 2.45) is 0 Å². The van der Waals surface area contributed by atoms with Crippen LogP contribution in [0.3, 0.4) is 0 Å². The molecule has 0 unspecified atom stereocenters. The molecule has 2 rings (SSSR count). The van der Waals surface area contributed by atoms with Crippen molar-refractivity contribution in [1.29, 1.82) is 0 Å². The molecule has 0 fully saturated rings. The Kier molecular flexibility index (Phi) is 4.58. The molecule has 0 saturated carbocycles. The number of pyridine rings is 1. The summed E-state index contributed by atoms with van der Waals surface area (Å²) in [7, 11) is 0. The molecule has 0 aliphatic carbocycles. The predicted octanol–water partition coefficient (Wildman–Crippen LogP) is 5.57. The quantitative estimate of drug-likeness (QED) is 0.443. The maximum atomic E-state index is 12.5. The summed E-state index contributed by atoms with van der Waals surface area (Å²) < 4.78 is 38.8. The minimum absolute atomic E-state index is 0.0686. The minimum Gasteiger partial charge on any atom is -0.288 e. The largest absolute Gasteiger partial charge is 0.433 e. The van der Waals surface area contributed by atoms with Gasteiger partial charge in [0.25, 0.3) is 0 Å². The van der Waals surface area contributed by atoms with E-state index in [4.69, 9.17) is 11.6 Å². The van der Waals surface area contributed by atoms with Gasteiger partial charge in [-0.3, -0.25) is 4.79 Å². The highest BCUT2D eigenvalue weighted by Crippen LogP contribution is 2.35. The second-order valence-corrected chi connectivity index (χ2v) is 7.18. The lowest BCUT2D eigenvalue weighted by Gasteiger charge is -2.07. The molecule has 20 heavy (non-hydrogen) atoms. The van der Waals surface area contributed by atoms with Crippen LogP contribution >= 0.6 is 54.8 Å². The lowest BCUT2D eigenvalue weighted by molar-refractivity contribution is -0.141. The molecule has 9 heteroatoms. The number of halogens is 6. The number of hydrogen-bond donors (Lipinski definition) is 0. The van der Waals surface area contributed by atoms with Crippen molar-refractivity contribution >= 4 is 60.6 Å². The van der Waals surface area contributed by atoms with Gasteiger partial charge in [-0.25, -0.2) is 4.98 Å². The topological polar surface area (TPSA) is 30.0 Å². The molecule has 0 aliphatic heterocycles. The normalized spacial score (nSPS) is 11.7. The van der Waals surface area contributed by atoms with Gasteiger partial charge in [0.2, 0.25) is 5.78 Å². The van der Waals surface area contributed by atoms with E-state index in [1.165, 1.54) is 0 Å². The molecular weight excluding hydrogens is 446 g/mol. The van der Waals surface area contributed by atoms with E-state index in [9.17, 15) is 18.0 Å². The van der Waals surface area contributed by atoms with Gasteiger partial charge in [-0.15, -0.1) is 11.3 Å². The Bertz CT molecular complexity index is 667. The minimum atomic E-state index is -4.60. The molecule has 0 bridgehead atoms. The van der Waals surface area contributed by atoms with Crippen LogP contribution in [-0.4, -0.2) is 10.8 Å². The number of aromatic nitrogens is 1. The number of carbonyl (C=O) groups is 1. The standard InChI is InChI=1S/C11H3Br2ClF3NOS/c12-5-3-6(20-9(5)13)8(19)4-1-2-7(11(15,16)17)18-10(4)14/h1-3H. The zero-order valence-corrected chi connectivity index (χ0v) is 14.0. The van der Waals surface area contributed by atoms with Gasteiger partial charge in [0.1, 0.15) is 10.8 Å². The van der Waals surface area contributed by atoms with Crippen LogP contribution in [0.2, 0.25) is 5.15 Å². The maximum Gasteiger partial charge on any atom is 0.433 e. The lowest BCUT2D eigenvalue weighted by Crippen LogP contribution is -2.10. The molecule has 0 atom stereocenters. The molecule has 0 saturated heterocycles. The molecule has 0 spiro atoms. The molecule has 0 amide bonds. The van der Waals surface area contributed by atoms with Gasteiger partial charge in [0, 0.05) is 4.47 Å². The fourth-order valence-corrected chi connectivity index (χ4v) is 3.58. The summed E-state index contributed by atoms with van der Waals surface area (Å²) in [6.07, 6.45) is -4.60. The van der Waals surface area contributed by atoms with Crippen molar-refractivity contribution in [2.45, 2.75) is 6.18 Å². The van der Waals surface area contributed by atoms with E-state index in [0.29, 0.717) is 13.1 Å². The Morgan fingerprint density at radius 2 is 1.95 bits per heavy atom. The molecule has 2 heterocycles. The number of rotatable bonds is 2. The van der Waals surface area contributed by atoms with E-state index in [1.807, 2.05) is 0 Å². The average Bonchev–Trinajstić information content (AvgIpc) is 2.67. The van der Waals surface area contributed by atoms with Crippen LogP contribution in [0, 0.1) is 0 Å². The number of ketones is 1. The number of hydrogen-bond acceptors (Lipinski definition) is 3. The van der Waals surface area contributed by atoms with Crippen molar-refractivity contribution in [1.82, 2.24) is 4.98 Å². The van der Waals surface area contributed by atoms with Crippen molar-refractivity contribution < 1.29 is 18.0 Å². The first-order chi connectivity index (χ1) is 9.20. The molecule has 0 aliphatic rings. The fourth-order valence-electron chi connectivity index (χ4n) is 1.35. The maximum absolute atomic E-state index is 12.5. The number of nitrogens with zero attached hydrogens (tertiary/aromatic N) is 1. The summed E-state index contributed by atoms with van der Waals surface area (Å²) >= 11 is 13.3. The molecule has 0 radical (unpaired) electrons. The van der Waals surface area contributed by atoms with Gasteiger partial charge in [0.15, 0.2) is 0 Å². The molecule has 2 nitrogen and oxygen atoms in total. The summed E-state index contributed by atoms with van der Waals surface area (Å²) in [4.78, 5) is 15.7. The highest BCUT2D eigenvalue weighted by atomic mass is 79.9. The summed E-state index contributed by atoms with van der Waals surface area (Å²) in [6.45, 7) is 0. The Morgan fingerprint density at radius 3 is 2.40 bits per heavy atom. The number of alkyl halides is 3. The molecule has 0 N–H and O–H groups in total. The van der Waals surface area contributed by atoms with Gasteiger partial charge in [0.05, 0.1) is 14.2 Å². The third-order valence-corrected chi connectivity index (χ3v) is 5.80. The molecule has 0 aromatic carbocycles. The van der Waals surface area contributed by atoms with Crippen LogP contribution in [-0.2, 0) is 6.18 Å². The zero-order chi connectivity index (χ0) is 15.1. The van der Waals surface area contributed by atoms with Crippen LogP contribution in [0.25, 0.3) is 0 Å². The van der Waals surface area contributed by atoms with Crippen LogP contribution < -0.4 is 0 Å². The van der Waals surface area contributed by atoms with Crippen LogP contribution in [0.15, 0.2) is 26.5 Å². The second kappa shape index (κ2) is 5.75. The SMILES string of the molecule is O=C(c1cc(Br)c(Br)s1)c1ccc(C(F)(F)F)nc1Cl. The van der Waals surface area contributed by atoms with E-state index in [-0.39, 0.29) is 5.56 Å². The monoisotopic (exact) mass is 447 g/mol. The molecule has 106 valence electrons. The summed E-state index contributed by atoms with van der Waals surface area (Å²) in [5.41, 5.74) is -1.20. The lowest BCUT2D eigenvalue weighted by atomic mass is 10.1. The first kappa shape index (κ1) is 15.9. The number of carbonyl (C=O) groups excluding carboxylic acids is 1. The Hall–Kier alpha value is -0.440. The Labute approximate surface area is 137 Å². The van der Waals surface area contributed by atoms with E-state index in [2.05, 4.69) is 36.8 Å². The Morgan fingerprint density at radius 1 is 1.30 bits per heavy atom. The first-order valence-electron chi connectivity index (χ1n) is 4.93. The van der Waals surface area contributed by atoms with E-state index in [0.717, 1.165) is 23.5 Å². The van der Waals surface area contributed by atoms with Crippen LogP contribution in [0.5, 0.6) is 0 Å². The van der Waals surface area contributed by atoms with E-state index >= 15 is 0 Å². The van der Waals surface area contributed by atoms with Gasteiger partial charge in [-0.05, 0) is 50.1 Å². The highest BCUT2D eigenvalue weighted by Gasteiger charge is 2.33. The molecule has 2 aromatic heterocycles. The average molecular weight is 449 g/mol. The third kappa shape index (κ3) is 3.24. The van der Waals surface area contributed by atoms with Crippen molar-refractivity contribution in [3.8, 4) is 0 Å². The van der Waals surface area contributed by atoms with Gasteiger partial charge in [-0.2, -0.15) is 13.2 Å². The van der Waals surface area contributed by atoms with Crippen LogP contribution in [0.1, 0.15) is 20.9 Å². The first-order valence-corrected chi connectivity index (χ1v) is 7.71. The third-order valence-electron chi connectivity index (χ3n) is 2.25. The summed E-state index contributed by atoms with van der Waals surface area (Å²) in [5, 5.41) is -0.467. The summed E-state index contributed by atoms with van der Waals surface area (Å²) in [5.74, 6) is -0.479. The zero-order valence-electron chi connectivity index (χ0n) is 9.26. The number of thiophene rings is 1. The predicted molar refractivity (Wildman–Crippen MR) is 77.4 cm³/mol. The fraction of sp³-hybridized carbons (Fsp3) is 0.0909. The van der Waals surface area contributed by atoms with Crippen molar-refractivity contribution in [3.05, 3.63) is 47.7 Å². The second-order valence-electron chi connectivity index (χ2n) is 3.59. The molecule has 2 aromatic rings. The van der Waals surface area contributed by atoms with E-state index < -0.39 is 22.8 Å².